The monoisotopic (exact) mass is 570 g/mol. The van der Waals surface area contributed by atoms with E-state index in [2.05, 4.69) is 16.0 Å². The number of ether oxygens (including phenoxy) is 1. The number of carbonyl (C=O) groups excluding carboxylic acids is 6. The summed E-state index contributed by atoms with van der Waals surface area (Å²) in [7, 11) is 1.56. The van der Waals surface area contributed by atoms with Gasteiger partial charge in [-0.25, -0.2) is 0 Å². The molecule has 1 aromatic carbocycles. The lowest BCUT2D eigenvalue weighted by molar-refractivity contribution is -0.144. The van der Waals surface area contributed by atoms with Gasteiger partial charge in [0, 0.05) is 26.3 Å². The molecule has 2 saturated heterocycles. The van der Waals surface area contributed by atoms with Gasteiger partial charge in [-0.1, -0.05) is 31.9 Å². The number of fused-ring (bicyclic) bond motifs is 1. The lowest BCUT2D eigenvalue weighted by atomic mass is 9.94. The first-order chi connectivity index (χ1) is 19.5. The highest BCUT2D eigenvalue weighted by Gasteiger charge is 2.43. The number of rotatable bonds is 11. The molecule has 2 aliphatic heterocycles. The maximum atomic E-state index is 13.8. The number of hydrogen-bond donors (Lipinski definition) is 3. The number of nitrogens with zero attached hydrogens (tertiary/aromatic N) is 1. The van der Waals surface area contributed by atoms with Crippen LogP contribution in [0.2, 0.25) is 0 Å². The smallest absolute Gasteiger partial charge is 0.246 e. The van der Waals surface area contributed by atoms with Gasteiger partial charge in [0.1, 0.15) is 29.4 Å². The number of hydrogen-bond acceptors (Lipinski definition) is 7. The zero-order valence-electron chi connectivity index (χ0n) is 24.4. The molecule has 0 radical (unpaired) electrons. The molecular weight excluding hydrogens is 528 g/mol. The van der Waals surface area contributed by atoms with Crippen molar-refractivity contribution in [1.82, 2.24) is 20.9 Å². The van der Waals surface area contributed by atoms with E-state index in [0.717, 1.165) is 5.56 Å². The van der Waals surface area contributed by atoms with Crippen molar-refractivity contribution in [1.29, 1.82) is 0 Å². The van der Waals surface area contributed by atoms with Gasteiger partial charge in [-0.2, -0.15) is 0 Å². The van der Waals surface area contributed by atoms with E-state index in [4.69, 9.17) is 4.74 Å². The normalized spacial score (nSPS) is 25.3. The van der Waals surface area contributed by atoms with E-state index in [0.29, 0.717) is 44.4 Å². The SMILES string of the molecule is CC[C@]1(C)NC(=O)[C@H](CCCCCC(=O)C(C)=O)NC(=O)[C@H]2CCCN2C(=O)[C@H](Cc2ccc(OC)cc2)NC1=O. The summed E-state index contributed by atoms with van der Waals surface area (Å²) in [5.41, 5.74) is -0.514. The van der Waals surface area contributed by atoms with Crippen molar-refractivity contribution < 1.29 is 33.5 Å². The Bertz CT molecular complexity index is 1150. The van der Waals surface area contributed by atoms with Gasteiger partial charge in [0.25, 0.3) is 0 Å². The highest BCUT2D eigenvalue weighted by molar-refractivity contribution is 6.36. The van der Waals surface area contributed by atoms with Gasteiger partial charge in [-0.3, -0.25) is 28.8 Å². The van der Waals surface area contributed by atoms with Gasteiger partial charge in [-0.15, -0.1) is 0 Å². The van der Waals surface area contributed by atoms with Crippen LogP contribution in [0, 0.1) is 0 Å². The molecule has 0 aliphatic carbocycles. The average Bonchev–Trinajstić information content (AvgIpc) is 3.45. The van der Waals surface area contributed by atoms with Crippen LogP contribution in [0.4, 0.5) is 0 Å². The molecule has 1 aromatic rings. The Morgan fingerprint density at radius 1 is 1.00 bits per heavy atom. The minimum atomic E-state index is -1.32. The predicted molar refractivity (Wildman–Crippen MR) is 151 cm³/mol. The Morgan fingerprint density at radius 2 is 1.71 bits per heavy atom. The van der Waals surface area contributed by atoms with Crippen LogP contribution in [0.3, 0.4) is 0 Å². The topological polar surface area (TPSA) is 151 Å². The van der Waals surface area contributed by atoms with Crippen LogP contribution in [0.1, 0.15) is 77.7 Å². The molecule has 3 rings (SSSR count). The number of ketones is 2. The summed E-state index contributed by atoms with van der Waals surface area (Å²) >= 11 is 0. The zero-order valence-corrected chi connectivity index (χ0v) is 24.4. The highest BCUT2D eigenvalue weighted by Crippen LogP contribution is 2.23. The van der Waals surface area contributed by atoms with Crippen LogP contribution in [-0.4, -0.2) is 77.4 Å². The highest BCUT2D eigenvalue weighted by atomic mass is 16.5. The van der Waals surface area contributed by atoms with Crippen molar-refractivity contribution in [3.8, 4) is 5.75 Å². The quantitative estimate of drug-likeness (QED) is 0.270. The van der Waals surface area contributed by atoms with E-state index in [1.807, 2.05) is 12.1 Å². The molecular formula is C30H42N4O7. The molecule has 41 heavy (non-hydrogen) atoms. The molecule has 3 N–H and O–H groups in total. The molecule has 2 aliphatic rings. The van der Waals surface area contributed by atoms with Crippen LogP contribution in [-0.2, 0) is 35.2 Å². The summed E-state index contributed by atoms with van der Waals surface area (Å²) in [5.74, 6) is -1.96. The van der Waals surface area contributed by atoms with Gasteiger partial charge in [0.15, 0.2) is 11.6 Å². The van der Waals surface area contributed by atoms with Crippen LogP contribution in [0.25, 0.3) is 0 Å². The van der Waals surface area contributed by atoms with Gasteiger partial charge >= 0.3 is 0 Å². The first kappa shape index (κ1) is 31.8. The third-order valence-corrected chi connectivity index (χ3v) is 8.07. The predicted octanol–water partition coefficient (Wildman–Crippen LogP) is 1.61. The molecule has 2 fully saturated rings. The number of benzene rings is 1. The number of carbonyl (C=O) groups is 6. The Balaban J connectivity index is 1.83. The van der Waals surface area contributed by atoms with Gasteiger partial charge in [-0.05, 0) is 56.7 Å². The Labute approximate surface area is 241 Å². The molecule has 0 spiro atoms. The summed E-state index contributed by atoms with van der Waals surface area (Å²) in [5, 5.41) is 8.54. The van der Waals surface area contributed by atoms with Gasteiger partial charge in [0.05, 0.1) is 7.11 Å². The standard InChI is InChI=1S/C30H42N4O7/c1-5-30(3)29(40)32-23(18-20-13-15-21(41-4)16-14-20)28(39)34-17-9-11-24(34)27(38)31-22(26(37)33-30)10-7-6-8-12-25(36)19(2)35/h13-16,22-24H,5-12,17-18H2,1-4H3,(H,31,38)(H,32,40)(H,33,37)/t22-,23-,24+,30-/m0/s1. The number of methoxy groups -OCH3 is 1. The fourth-order valence-corrected chi connectivity index (χ4v) is 5.21. The van der Waals surface area contributed by atoms with E-state index in [1.54, 1.807) is 33.1 Å². The second-order valence-corrected chi connectivity index (χ2v) is 11.1. The molecule has 2 heterocycles. The largest absolute Gasteiger partial charge is 0.497 e. The fraction of sp³-hybridized carbons (Fsp3) is 0.600. The minimum absolute atomic E-state index is 0.142. The summed E-state index contributed by atoms with van der Waals surface area (Å²) in [6, 6.07) is 4.60. The van der Waals surface area contributed by atoms with Crippen molar-refractivity contribution in [3.05, 3.63) is 29.8 Å². The lowest BCUT2D eigenvalue weighted by Crippen LogP contribution is -2.65. The Morgan fingerprint density at radius 3 is 2.34 bits per heavy atom. The van der Waals surface area contributed by atoms with Crippen molar-refractivity contribution in [2.75, 3.05) is 13.7 Å². The fourth-order valence-electron chi connectivity index (χ4n) is 5.21. The molecule has 4 amide bonds. The number of nitrogens with one attached hydrogen (secondary N) is 3. The van der Waals surface area contributed by atoms with Gasteiger partial charge < -0.3 is 25.6 Å². The summed E-state index contributed by atoms with van der Waals surface area (Å²) in [6.45, 7) is 4.98. The lowest BCUT2D eigenvalue weighted by Gasteiger charge is -2.36. The molecule has 11 nitrogen and oxygen atoms in total. The Kier molecular flexibility index (Phi) is 11.0. The van der Waals surface area contributed by atoms with E-state index in [9.17, 15) is 28.8 Å². The molecule has 0 bridgehead atoms. The minimum Gasteiger partial charge on any atom is -0.497 e. The maximum Gasteiger partial charge on any atom is 0.246 e. The zero-order chi connectivity index (χ0) is 30.2. The van der Waals surface area contributed by atoms with Crippen molar-refractivity contribution >= 4 is 35.2 Å². The molecule has 224 valence electrons. The van der Waals surface area contributed by atoms with Crippen LogP contribution >= 0.6 is 0 Å². The van der Waals surface area contributed by atoms with Gasteiger partial charge in [0.2, 0.25) is 23.6 Å². The van der Waals surface area contributed by atoms with Crippen molar-refractivity contribution in [2.24, 2.45) is 0 Å². The maximum absolute atomic E-state index is 13.8. The first-order valence-electron chi connectivity index (χ1n) is 14.4. The summed E-state index contributed by atoms with van der Waals surface area (Å²) in [4.78, 5) is 78.6. The third kappa shape index (κ3) is 8.14. The average molecular weight is 571 g/mol. The summed E-state index contributed by atoms with van der Waals surface area (Å²) in [6.07, 6.45) is 3.58. The molecule has 0 unspecified atom stereocenters. The molecule has 0 saturated carbocycles. The summed E-state index contributed by atoms with van der Waals surface area (Å²) < 4.78 is 5.22. The van der Waals surface area contributed by atoms with E-state index >= 15 is 0 Å². The molecule has 0 aromatic heterocycles. The van der Waals surface area contributed by atoms with Crippen molar-refractivity contribution in [3.63, 3.8) is 0 Å². The molecule has 11 heteroatoms. The second-order valence-electron chi connectivity index (χ2n) is 11.1. The van der Waals surface area contributed by atoms with Crippen LogP contribution < -0.4 is 20.7 Å². The van der Waals surface area contributed by atoms with Crippen LogP contribution in [0.5, 0.6) is 5.75 Å². The van der Waals surface area contributed by atoms with Crippen LogP contribution in [0.15, 0.2) is 24.3 Å². The second kappa shape index (κ2) is 14.2. The first-order valence-corrected chi connectivity index (χ1v) is 14.4. The Hall–Kier alpha value is -3.76. The molecule has 4 atom stereocenters. The number of amides is 4. The third-order valence-electron chi connectivity index (χ3n) is 8.07. The van der Waals surface area contributed by atoms with E-state index in [-0.39, 0.29) is 31.6 Å². The number of Topliss-reactive ketones (excluding diaryl/α,β-unsaturated/α-hetero) is 2. The van der Waals surface area contributed by atoms with Crippen molar-refractivity contribution in [2.45, 2.75) is 102 Å². The van der Waals surface area contributed by atoms with E-state index < -0.39 is 53.0 Å². The number of unbranched alkanes of at least 4 members (excludes halogenated alkanes) is 2. The van der Waals surface area contributed by atoms with E-state index in [1.165, 1.54) is 11.8 Å².